The third kappa shape index (κ3) is 6.44. The van der Waals surface area contributed by atoms with Gasteiger partial charge in [0.2, 0.25) is 0 Å². The molecule has 0 N–H and O–H groups in total. The minimum absolute atomic E-state index is 0.0236. The number of Topliss-reactive ketones (excluding diaryl/α,β-unsaturated/α-hetero) is 1. The molecule has 2 aromatic rings. The highest BCUT2D eigenvalue weighted by molar-refractivity contribution is 5.97. The number of ether oxygens (including phenoxy) is 2. The van der Waals surface area contributed by atoms with Crippen LogP contribution < -0.4 is 9.47 Å². The molecule has 5 nitrogen and oxygen atoms in total. The van der Waals surface area contributed by atoms with E-state index in [1.165, 1.54) is 12.1 Å². The van der Waals surface area contributed by atoms with E-state index in [0.717, 1.165) is 63.7 Å². The molecule has 1 aliphatic rings. The van der Waals surface area contributed by atoms with Crippen LogP contribution in [-0.2, 0) is 5.41 Å². The fourth-order valence-corrected chi connectivity index (χ4v) is 5.31. The van der Waals surface area contributed by atoms with Gasteiger partial charge < -0.3 is 14.4 Å². The van der Waals surface area contributed by atoms with Gasteiger partial charge in [-0.1, -0.05) is 32.8 Å². The summed E-state index contributed by atoms with van der Waals surface area (Å²) < 4.78 is 24.0. The first kappa shape index (κ1) is 27.7. The van der Waals surface area contributed by atoms with Gasteiger partial charge in [0.15, 0.2) is 17.3 Å². The number of carbonyl (C=O) groups is 1. The van der Waals surface area contributed by atoms with E-state index < -0.39 is 5.41 Å². The smallest absolute Gasteiger partial charge is 0.166 e. The molecule has 0 bridgehead atoms. The second kappa shape index (κ2) is 12.9. The molecule has 6 heteroatoms. The summed E-state index contributed by atoms with van der Waals surface area (Å²) in [5, 5.41) is 10.2. The molecule has 0 spiro atoms. The number of piperidine rings is 1. The molecule has 1 aliphatic heterocycles. The number of nitrogens with zero attached hydrogens (tertiary/aromatic N) is 2. The number of nitriles is 1. The van der Waals surface area contributed by atoms with E-state index in [9.17, 15) is 14.4 Å². The third-order valence-corrected chi connectivity index (χ3v) is 7.72. The molecule has 0 radical (unpaired) electrons. The lowest BCUT2D eigenvalue weighted by Crippen LogP contribution is -2.37. The van der Waals surface area contributed by atoms with Crippen LogP contribution in [0.4, 0.5) is 4.39 Å². The van der Waals surface area contributed by atoms with Crippen LogP contribution >= 0.6 is 0 Å². The molecular weight excluding hydrogens is 455 g/mol. The summed E-state index contributed by atoms with van der Waals surface area (Å²) in [6, 6.07) is 14.3. The Balaban J connectivity index is 1.47. The maximum absolute atomic E-state index is 13.1. The van der Waals surface area contributed by atoms with Crippen molar-refractivity contribution in [1.82, 2.24) is 4.90 Å². The van der Waals surface area contributed by atoms with E-state index in [1.807, 2.05) is 18.2 Å². The molecule has 3 rings (SSSR count). The number of benzene rings is 2. The highest BCUT2D eigenvalue weighted by Gasteiger charge is 2.36. The molecule has 2 aromatic carbocycles. The maximum atomic E-state index is 13.1. The van der Waals surface area contributed by atoms with Crippen LogP contribution in [0.1, 0.15) is 68.3 Å². The molecule has 1 atom stereocenters. The number of hydrogen-bond donors (Lipinski definition) is 0. The van der Waals surface area contributed by atoms with E-state index in [-0.39, 0.29) is 23.4 Å². The van der Waals surface area contributed by atoms with Gasteiger partial charge in [-0.25, -0.2) is 4.39 Å². The maximum Gasteiger partial charge on any atom is 0.166 e. The summed E-state index contributed by atoms with van der Waals surface area (Å²) in [6.07, 6.45) is 5.59. The minimum atomic E-state index is -0.571. The zero-order valence-electron chi connectivity index (χ0n) is 22.1. The van der Waals surface area contributed by atoms with E-state index in [4.69, 9.17) is 9.47 Å². The Kier molecular flexibility index (Phi) is 9.89. The summed E-state index contributed by atoms with van der Waals surface area (Å²) in [7, 11) is 3.23. The minimum Gasteiger partial charge on any atom is -0.493 e. The number of carbonyl (C=O) groups excluding carboxylic acids is 1. The zero-order chi connectivity index (χ0) is 26.1. The van der Waals surface area contributed by atoms with Gasteiger partial charge in [0.25, 0.3) is 0 Å². The molecule has 0 amide bonds. The Morgan fingerprint density at radius 1 is 1.06 bits per heavy atom. The molecule has 1 saturated heterocycles. The SMILES string of the molecule is COc1ccc(C(C#N)(CCCCCN2CCC(C(=O)c3ccc(F)cc3)CC2)C(C)C)cc1OC. The lowest BCUT2D eigenvalue weighted by molar-refractivity contribution is 0.0838. The first-order valence-electron chi connectivity index (χ1n) is 13.0. The second-order valence-electron chi connectivity index (χ2n) is 10.1. The van der Waals surface area contributed by atoms with Gasteiger partial charge in [0.05, 0.1) is 25.7 Å². The zero-order valence-corrected chi connectivity index (χ0v) is 22.1. The summed E-state index contributed by atoms with van der Waals surface area (Å²) in [6.45, 7) is 7.05. The van der Waals surface area contributed by atoms with Crippen molar-refractivity contribution < 1.29 is 18.7 Å². The van der Waals surface area contributed by atoms with E-state index in [1.54, 1.807) is 26.4 Å². The quantitative estimate of drug-likeness (QED) is 0.252. The summed E-state index contributed by atoms with van der Waals surface area (Å²) in [5.41, 5.74) is 1.01. The number of ketones is 1. The van der Waals surface area contributed by atoms with Crippen LogP contribution in [0.15, 0.2) is 42.5 Å². The van der Waals surface area contributed by atoms with Gasteiger partial charge in [0, 0.05) is 11.5 Å². The predicted octanol–water partition coefficient (Wildman–Crippen LogP) is 6.42. The topological polar surface area (TPSA) is 62.6 Å². The highest BCUT2D eigenvalue weighted by Crippen LogP contribution is 2.40. The molecule has 0 aliphatic carbocycles. The van der Waals surface area contributed by atoms with Crippen LogP contribution in [-0.4, -0.2) is 44.5 Å². The van der Waals surface area contributed by atoms with Gasteiger partial charge in [-0.2, -0.15) is 5.26 Å². The molecule has 1 heterocycles. The van der Waals surface area contributed by atoms with Crippen LogP contribution in [0.5, 0.6) is 11.5 Å². The van der Waals surface area contributed by atoms with Crippen molar-refractivity contribution in [1.29, 1.82) is 5.26 Å². The van der Waals surface area contributed by atoms with Gasteiger partial charge in [-0.3, -0.25) is 4.79 Å². The van der Waals surface area contributed by atoms with Gasteiger partial charge in [0.1, 0.15) is 5.82 Å². The fraction of sp³-hybridized carbons (Fsp3) is 0.533. The van der Waals surface area contributed by atoms with Crippen molar-refractivity contribution >= 4 is 5.78 Å². The van der Waals surface area contributed by atoms with Crippen LogP contribution in [0.3, 0.4) is 0 Å². The van der Waals surface area contributed by atoms with Crippen molar-refractivity contribution in [3.8, 4) is 17.6 Å². The standard InChI is InChI=1S/C30H39FN2O3/c1-22(2)30(21-32,25-10-13-27(35-3)28(20-25)36-4)16-6-5-7-17-33-18-14-24(15-19-33)29(34)23-8-11-26(31)12-9-23/h8-13,20,22,24H,5-7,14-19H2,1-4H3. The molecule has 194 valence electrons. The number of hydrogen-bond acceptors (Lipinski definition) is 5. The predicted molar refractivity (Wildman–Crippen MR) is 140 cm³/mol. The van der Waals surface area contributed by atoms with Crippen molar-refractivity contribution in [2.24, 2.45) is 11.8 Å². The third-order valence-electron chi connectivity index (χ3n) is 7.72. The Hall–Kier alpha value is -2.91. The highest BCUT2D eigenvalue weighted by atomic mass is 19.1. The van der Waals surface area contributed by atoms with Gasteiger partial charge >= 0.3 is 0 Å². The average Bonchev–Trinajstić information content (AvgIpc) is 2.90. The molecule has 0 aromatic heterocycles. The van der Waals surface area contributed by atoms with Crippen molar-refractivity contribution in [2.45, 2.75) is 57.8 Å². The van der Waals surface area contributed by atoms with Gasteiger partial charge in [-0.15, -0.1) is 0 Å². The van der Waals surface area contributed by atoms with Crippen molar-refractivity contribution in [3.05, 3.63) is 59.4 Å². The van der Waals surface area contributed by atoms with Crippen LogP contribution in [0.2, 0.25) is 0 Å². The van der Waals surface area contributed by atoms with Gasteiger partial charge in [-0.05, 0) is 93.2 Å². The number of methoxy groups -OCH3 is 2. The first-order chi connectivity index (χ1) is 17.3. The molecule has 1 fully saturated rings. The average molecular weight is 495 g/mol. The fourth-order valence-electron chi connectivity index (χ4n) is 5.31. The Morgan fingerprint density at radius 2 is 1.72 bits per heavy atom. The summed E-state index contributed by atoms with van der Waals surface area (Å²) in [5.74, 6) is 1.32. The van der Waals surface area contributed by atoms with E-state index >= 15 is 0 Å². The number of rotatable bonds is 12. The van der Waals surface area contributed by atoms with Crippen molar-refractivity contribution in [2.75, 3.05) is 33.9 Å². The van der Waals surface area contributed by atoms with Crippen LogP contribution in [0, 0.1) is 29.0 Å². The Morgan fingerprint density at radius 3 is 2.31 bits per heavy atom. The largest absolute Gasteiger partial charge is 0.493 e. The molecule has 36 heavy (non-hydrogen) atoms. The number of likely N-dealkylation sites (tertiary alicyclic amines) is 1. The number of halogens is 1. The normalized spacial score (nSPS) is 16.4. The summed E-state index contributed by atoms with van der Waals surface area (Å²) >= 11 is 0. The number of unbranched alkanes of at least 4 members (excludes halogenated alkanes) is 2. The molecular formula is C30H39FN2O3. The second-order valence-corrected chi connectivity index (χ2v) is 10.1. The van der Waals surface area contributed by atoms with Crippen LogP contribution in [0.25, 0.3) is 0 Å². The first-order valence-corrected chi connectivity index (χ1v) is 13.0. The molecule has 1 unspecified atom stereocenters. The lowest BCUT2D eigenvalue weighted by atomic mass is 9.69. The molecule has 0 saturated carbocycles. The van der Waals surface area contributed by atoms with Crippen molar-refractivity contribution in [3.63, 3.8) is 0 Å². The Labute approximate surface area is 215 Å². The Bertz CT molecular complexity index is 1040. The monoisotopic (exact) mass is 494 g/mol. The summed E-state index contributed by atoms with van der Waals surface area (Å²) in [4.78, 5) is 15.1. The van der Waals surface area contributed by atoms with E-state index in [2.05, 4.69) is 24.8 Å². The van der Waals surface area contributed by atoms with E-state index in [0.29, 0.717) is 17.1 Å². The lowest BCUT2D eigenvalue weighted by Gasteiger charge is -2.33.